The summed E-state index contributed by atoms with van der Waals surface area (Å²) >= 11 is 5.67. The van der Waals surface area contributed by atoms with Gasteiger partial charge in [0.15, 0.2) is 0 Å². The van der Waals surface area contributed by atoms with Crippen LogP contribution in [0.4, 0.5) is 0 Å². The molecule has 0 heterocycles. The van der Waals surface area contributed by atoms with Gasteiger partial charge in [0.25, 0.3) is 0 Å². The molecule has 0 saturated carbocycles. The third-order valence-electron chi connectivity index (χ3n) is 1.36. The SMILES string of the molecule is CC(=O)OCc1ccc(Cl)cc1. The minimum atomic E-state index is -0.273. The van der Waals surface area contributed by atoms with E-state index in [9.17, 15) is 4.79 Å². The van der Waals surface area contributed by atoms with Crippen LogP contribution in [0.1, 0.15) is 12.5 Å². The van der Waals surface area contributed by atoms with E-state index in [0.717, 1.165) is 5.56 Å². The molecule has 3 heteroatoms. The van der Waals surface area contributed by atoms with Crippen LogP contribution >= 0.6 is 11.6 Å². The number of benzene rings is 1. The number of halogens is 1. The monoisotopic (exact) mass is 184 g/mol. The van der Waals surface area contributed by atoms with E-state index in [2.05, 4.69) is 0 Å². The van der Waals surface area contributed by atoms with Crippen molar-refractivity contribution >= 4 is 17.6 Å². The predicted octanol–water partition coefficient (Wildman–Crippen LogP) is 2.40. The summed E-state index contributed by atoms with van der Waals surface area (Å²) < 4.78 is 4.79. The van der Waals surface area contributed by atoms with Crippen LogP contribution in [0.5, 0.6) is 0 Å². The fraction of sp³-hybridized carbons (Fsp3) is 0.222. The minimum absolute atomic E-state index is 0.273. The molecule has 0 aromatic heterocycles. The highest BCUT2D eigenvalue weighted by Gasteiger charge is 1.95. The molecule has 0 aliphatic rings. The zero-order valence-corrected chi connectivity index (χ0v) is 7.47. The average Bonchev–Trinajstić information content (AvgIpc) is 2.03. The van der Waals surface area contributed by atoms with Gasteiger partial charge in [-0.05, 0) is 17.7 Å². The average molecular weight is 185 g/mol. The first-order valence-electron chi connectivity index (χ1n) is 3.56. The van der Waals surface area contributed by atoms with Crippen LogP contribution in [-0.2, 0) is 16.1 Å². The van der Waals surface area contributed by atoms with E-state index in [4.69, 9.17) is 16.3 Å². The molecule has 0 atom stereocenters. The maximum Gasteiger partial charge on any atom is 0.302 e. The third-order valence-corrected chi connectivity index (χ3v) is 1.61. The maximum absolute atomic E-state index is 10.4. The van der Waals surface area contributed by atoms with Crippen molar-refractivity contribution < 1.29 is 9.53 Å². The lowest BCUT2D eigenvalue weighted by molar-refractivity contribution is -0.142. The molecule has 0 spiro atoms. The molecule has 1 aromatic carbocycles. The van der Waals surface area contributed by atoms with E-state index in [1.54, 1.807) is 12.1 Å². The Hall–Kier alpha value is -1.02. The summed E-state index contributed by atoms with van der Waals surface area (Å²) in [6.07, 6.45) is 0. The zero-order chi connectivity index (χ0) is 8.97. The fourth-order valence-corrected chi connectivity index (χ4v) is 0.892. The minimum Gasteiger partial charge on any atom is -0.461 e. The van der Waals surface area contributed by atoms with Crippen LogP contribution in [0, 0.1) is 0 Å². The summed E-state index contributed by atoms with van der Waals surface area (Å²) in [4.78, 5) is 10.4. The van der Waals surface area contributed by atoms with Crippen molar-refractivity contribution in [3.63, 3.8) is 0 Å². The lowest BCUT2D eigenvalue weighted by atomic mass is 10.2. The van der Waals surface area contributed by atoms with Gasteiger partial charge in [-0.3, -0.25) is 4.79 Å². The Morgan fingerprint density at radius 2 is 2.00 bits per heavy atom. The van der Waals surface area contributed by atoms with E-state index in [1.165, 1.54) is 6.92 Å². The fourth-order valence-electron chi connectivity index (χ4n) is 0.766. The van der Waals surface area contributed by atoms with Crippen molar-refractivity contribution in [3.05, 3.63) is 34.9 Å². The predicted molar refractivity (Wildman–Crippen MR) is 46.9 cm³/mol. The van der Waals surface area contributed by atoms with Crippen LogP contribution < -0.4 is 0 Å². The molecule has 2 nitrogen and oxygen atoms in total. The van der Waals surface area contributed by atoms with Crippen molar-refractivity contribution in [3.8, 4) is 0 Å². The quantitative estimate of drug-likeness (QED) is 0.660. The summed E-state index contributed by atoms with van der Waals surface area (Å²) in [6, 6.07) is 7.18. The molecule has 0 N–H and O–H groups in total. The number of ether oxygens (including phenoxy) is 1. The van der Waals surface area contributed by atoms with E-state index in [1.807, 2.05) is 12.1 Å². The van der Waals surface area contributed by atoms with Crippen LogP contribution in [0.25, 0.3) is 0 Å². The van der Waals surface area contributed by atoms with Crippen LogP contribution in [0.3, 0.4) is 0 Å². The Balaban J connectivity index is 2.53. The first-order chi connectivity index (χ1) is 5.68. The van der Waals surface area contributed by atoms with Gasteiger partial charge >= 0.3 is 5.97 Å². The number of hydrogen-bond acceptors (Lipinski definition) is 2. The van der Waals surface area contributed by atoms with E-state index in [-0.39, 0.29) is 5.97 Å². The van der Waals surface area contributed by atoms with Crippen molar-refractivity contribution in [2.24, 2.45) is 0 Å². The van der Waals surface area contributed by atoms with Gasteiger partial charge in [-0.1, -0.05) is 23.7 Å². The summed E-state index contributed by atoms with van der Waals surface area (Å²) in [5.41, 5.74) is 0.939. The Labute approximate surface area is 76.1 Å². The van der Waals surface area contributed by atoms with Gasteiger partial charge in [0.2, 0.25) is 0 Å². The molecule has 64 valence electrons. The second-order valence-electron chi connectivity index (χ2n) is 2.41. The van der Waals surface area contributed by atoms with Gasteiger partial charge in [-0.15, -0.1) is 0 Å². The molecule has 0 saturated heterocycles. The molecule has 1 aromatic rings. The number of carbonyl (C=O) groups excluding carboxylic acids is 1. The van der Waals surface area contributed by atoms with Gasteiger partial charge < -0.3 is 4.74 Å². The molecular weight excluding hydrogens is 176 g/mol. The van der Waals surface area contributed by atoms with Crippen LogP contribution in [0.2, 0.25) is 5.02 Å². The lowest BCUT2D eigenvalue weighted by Gasteiger charge is -2.00. The van der Waals surface area contributed by atoms with Crippen molar-refractivity contribution in [2.75, 3.05) is 0 Å². The summed E-state index contributed by atoms with van der Waals surface area (Å²) in [6.45, 7) is 1.70. The largest absolute Gasteiger partial charge is 0.461 e. The molecule has 0 radical (unpaired) electrons. The standard InChI is InChI=1S/C9H9ClO2/c1-7(11)12-6-8-2-4-9(10)5-3-8/h2-5H,6H2,1H3. The van der Waals surface area contributed by atoms with Crippen molar-refractivity contribution in [1.82, 2.24) is 0 Å². The first kappa shape index (κ1) is 9.07. The molecule has 0 amide bonds. The topological polar surface area (TPSA) is 26.3 Å². The second-order valence-corrected chi connectivity index (χ2v) is 2.84. The molecule has 12 heavy (non-hydrogen) atoms. The number of rotatable bonds is 2. The number of esters is 1. The Morgan fingerprint density at radius 1 is 1.42 bits per heavy atom. The zero-order valence-electron chi connectivity index (χ0n) is 6.71. The van der Waals surface area contributed by atoms with Gasteiger partial charge in [0.05, 0.1) is 0 Å². The smallest absolute Gasteiger partial charge is 0.302 e. The summed E-state index contributed by atoms with van der Waals surface area (Å²) in [5.74, 6) is -0.273. The summed E-state index contributed by atoms with van der Waals surface area (Å²) in [7, 11) is 0. The van der Waals surface area contributed by atoms with E-state index >= 15 is 0 Å². The highest BCUT2D eigenvalue weighted by atomic mass is 35.5. The molecule has 0 fully saturated rings. The molecular formula is C9H9ClO2. The van der Waals surface area contributed by atoms with Crippen molar-refractivity contribution in [2.45, 2.75) is 13.5 Å². The molecule has 0 bridgehead atoms. The van der Waals surface area contributed by atoms with E-state index in [0.29, 0.717) is 11.6 Å². The van der Waals surface area contributed by atoms with E-state index < -0.39 is 0 Å². The van der Waals surface area contributed by atoms with Gasteiger partial charge in [-0.25, -0.2) is 0 Å². The third kappa shape index (κ3) is 2.93. The van der Waals surface area contributed by atoms with Gasteiger partial charge in [0, 0.05) is 11.9 Å². The second kappa shape index (κ2) is 4.12. The maximum atomic E-state index is 10.4. The molecule has 0 aliphatic carbocycles. The van der Waals surface area contributed by atoms with Crippen LogP contribution in [-0.4, -0.2) is 5.97 Å². The first-order valence-corrected chi connectivity index (χ1v) is 3.94. The highest BCUT2D eigenvalue weighted by Crippen LogP contribution is 2.09. The molecule has 0 aliphatic heterocycles. The normalized spacial score (nSPS) is 9.50. The molecule has 1 rings (SSSR count). The van der Waals surface area contributed by atoms with Crippen molar-refractivity contribution in [1.29, 1.82) is 0 Å². The Bertz CT molecular complexity index is 266. The number of hydrogen-bond donors (Lipinski definition) is 0. The Morgan fingerprint density at radius 3 is 2.50 bits per heavy atom. The number of carbonyl (C=O) groups is 1. The Kier molecular flexibility index (Phi) is 3.11. The summed E-state index contributed by atoms with van der Waals surface area (Å²) in [5, 5.41) is 0.682. The molecule has 0 unspecified atom stereocenters. The highest BCUT2D eigenvalue weighted by molar-refractivity contribution is 6.30. The van der Waals surface area contributed by atoms with Gasteiger partial charge in [0.1, 0.15) is 6.61 Å². The lowest BCUT2D eigenvalue weighted by Crippen LogP contribution is -1.98. The van der Waals surface area contributed by atoms with Crippen LogP contribution in [0.15, 0.2) is 24.3 Å². The van der Waals surface area contributed by atoms with Gasteiger partial charge in [-0.2, -0.15) is 0 Å².